The first-order chi connectivity index (χ1) is 10.1. The molecule has 0 heterocycles. The van der Waals surface area contributed by atoms with Gasteiger partial charge in [0.05, 0.1) is 17.2 Å². The number of rotatable bonds is 4. The van der Waals surface area contributed by atoms with Gasteiger partial charge in [0.25, 0.3) is 0 Å². The van der Waals surface area contributed by atoms with Crippen molar-refractivity contribution in [1.82, 2.24) is 0 Å². The van der Waals surface area contributed by atoms with Gasteiger partial charge in [0, 0.05) is 6.07 Å². The highest BCUT2D eigenvalue weighted by Gasteiger charge is 2.10. The second kappa shape index (κ2) is 6.51. The zero-order valence-electron chi connectivity index (χ0n) is 11.0. The largest absolute Gasteiger partial charge is 0.490 e. The smallest absolute Gasteiger partial charge is 0.144 e. The Hall–Kier alpha value is -2.89. The lowest BCUT2D eigenvalue weighted by atomic mass is 10.1. The monoisotopic (exact) mass is 282 g/mol. The summed E-state index contributed by atoms with van der Waals surface area (Å²) in [5.74, 6) is -0.429. The van der Waals surface area contributed by atoms with Crippen LogP contribution in [0.25, 0.3) is 0 Å². The molecule has 0 aliphatic rings. The highest BCUT2D eigenvalue weighted by molar-refractivity contribution is 5.36. The van der Waals surface area contributed by atoms with Crippen molar-refractivity contribution < 1.29 is 14.2 Å². The third kappa shape index (κ3) is 3.56. The van der Waals surface area contributed by atoms with E-state index in [1.165, 1.54) is 12.1 Å². The lowest BCUT2D eigenvalue weighted by Gasteiger charge is -2.13. The molecule has 1 atom stereocenters. The molecule has 4 nitrogen and oxygen atoms in total. The molecule has 0 aliphatic heterocycles. The zero-order valence-corrected chi connectivity index (χ0v) is 11.0. The van der Waals surface area contributed by atoms with E-state index in [2.05, 4.69) is 0 Å². The molecule has 21 heavy (non-hydrogen) atoms. The van der Waals surface area contributed by atoms with E-state index >= 15 is 0 Å². The van der Waals surface area contributed by atoms with E-state index in [0.717, 1.165) is 6.07 Å². The van der Waals surface area contributed by atoms with E-state index < -0.39 is 11.9 Å². The summed E-state index contributed by atoms with van der Waals surface area (Å²) in [6.45, 7) is -0.0583. The third-order valence-corrected chi connectivity index (χ3v) is 2.89. The zero-order chi connectivity index (χ0) is 15.2. The second-order valence-electron chi connectivity index (χ2n) is 4.31. The molecule has 1 N–H and O–H groups in total. The maximum Gasteiger partial charge on any atom is 0.144 e. The Balaban J connectivity index is 2.00. The molecule has 0 saturated heterocycles. The quantitative estimate of drug-likeness (QED) is 0.935. The van der Waals surface area contributed by atoms with Crippen LogP contribution in [0, 0.1) is 28.5 Å². The first-order valence-corrected chi connectivity index (χ1v) is 6.14. The highest BCUT2D eigenvalue weighted by Crippen LogP contribution is 2.19. The fourth-order valence-electron chi connectivity index (χ4n) is 1.73. The number of hydrogen-bond donors (Lipinski definition) is 1. The van der Waals surface area contributed by atoms with Gasteiger partial charge < -0.3 is 9.84 Å². The molecule has 2 rings (SSSR count). The first-order valence-electron chi connectivity index (χ1n) is 6.14. The van der Waals surface area contributed by atoms with Crippen molar-refractivity contribution in [2.75, 3.05) is 6.61 Å². The molecule has 104 valence electrons. The number of benzene rings is 2. The van der Waals surface area contributed by atoms with Crippen LogP contribution in [-0.2, 0) is 0 Å². The van der Waals surface area contributed by atoms with Crippen LogP contribution in [0.3, 0.4) is 0 Å². The normalized spacial score (nSPS) is 11.2. The van der Waals surface area contributed by atoms with E-state index in [1.54, 1.807) is 30.3 Å². The molecule has 0 radical (unpaired) electrons. The van der Waals surface area contributed by atoms with Crippen LogP contribution in [-0.4, -0.2) is 11.7 Å². The van der Waals surface area contributed by atoms with Crippen molar-refractivity contribution in [3.63, 3.8) is 0 Å². The molecule has 0 saturated carbocycles. The summed E-state index contributed by atoms with van der Waals surface area (Å²) < 4.78 is 18.7. The number of hydrogen-bond acceptors (Lipinski definition) is 4. The molecule has 0 aliphatic carbocycles. The number of ether oxygens (including phenoxy) is 1. The number of nitriles is 2. The standard InChI is InChI=1S/C16H11FN2O2/c17-15-7-14(6-5-13(15)9-19)21-10-16(20)12-3-1-11(8-18)2-4-12/h1-7,16,20H,10H2. The lowest BCUT2D eigenvalue weighted by Crippen LogP contribution is -2.09. The summed E-state index contributed by atoms with van der Waals surface area (Å²) in [4.78, 5) is 0. The van der Waals surface area contributed by atoms with Gasteiger partial charge in [-0.1, -0.05) is 12.1 Å². The second-order valence-corrected chi connectivity index (χ2v) is 4.31. The number of nitrogens with zero attached hydrogens (tertiary/aromatic N) is 2. The third-order valence-electron chi connectivity index (χ3n) is 2.89. The minimum absolute atomic E-state index is 0.0583. The summed E-state index contributed by atoms with van der Waals surface area (Å²) in [5.41, 5.74) is 1.04. The van der Waals surface area contributed by atoms with E-state index in [4.69, 9.17) is 15.3 Å². The number of halogens is 1. The Morgan fingerprint density at radius 3 is 2.38 bits per heavy atom. The summed E-state index contributed by atoms with van der Waals surface area (Å²) in [6.07, 6.45) is -0.892. The van der Waals surface area contributed by atoms with E-state index in [-0.39, 0.29) is 17.9 Å². The van der Waals surface area contributed by atoms with Crippen LogP contribution >= 0.6 is 0 Å². The summed E-state index contributed by atoms with van der Waals surface area (Å²) in [5, 5.41) is 27.3. The molecular formula is C16H11FN2O2. The van der Waals surface area contributed by atoms with Crippen LogP contribution in [0.2, 0.25) is 0 Å². The van der Waals surface area contributed by atoms with E-state index in [9.17, 15) is 9.50 Å². The summed E-state index contributed by atoms with van der Waals surface area (Å²) >= 11 is 0. The van der Waals surface area contributed by atoms with Gasteiger partial charge in [-0.05, 0) is 29.8 Å². The summed E-state index contributed by atoms with van der Waals surface area (Å²) in [6, 6.07) is 14.0. The molecule has 5 heteroatoms. The minimum atomic E-state index is -0.892. The van der Waals surface area contributed by atoms with Crippen molar-refractivity contribution in [1.29, 1.82) is 10.5 Å². The molecule has 1 unspecified atom stereocenters. The highest BCUT2D eigenvalue weighted by atomic mass is 19.1. The van der Waals surface area contributed by atoms with Crippen LogP contribution < -0.4 is 4.74 Å². The maximum atomic E-state index is 13.4. The Labute approximate surface area is 121 Å². The van der Waals surface area contributed by atoms with Crippen LogP contribution in [0.15, 0.2) is 42.5 Å². The van der Waals surface area contributed by atoms with Gasteiger partial charge >= 0.3 is 0 Å². The van der Waals surface area contributed by atoms with Crippen LogP contribution in [0.4, 0.5) is 4.39 Å². The van der Waals surface area contributed by atoms with E-state index in [1.807, 2.05) is 6.07 Å². The van der Waals surface area contributed by atoms with Crippen molar-refractivity contribution >= 4 is 0 Å². The molecule has 2 aromatic rings. The SMILES string of the molecule is N#Cc1ccc(C(O)COc2ccc(C#N)c(F)c2)cc1. The Bertz CT molecular complexity index is 715. The Kier molecular flexibility index (Phi) is 4.50. The summed E-state index contributed by atoms with van der Waals surface area (Å²) in [7, 11) is 0. The molecule has 0 amide bonds. The van der Waals surface area contributed by atoms with Crippen molar-refractivity contribution in [3.05, 3.63) is 65.0 Å². The maximum absolute atomic E-state index is 13.4. The van der Waals surface area contributed by atoms with Gasteiger partial charge in [-0.25, -0.2) is 4.39 Å². The number of aliphatic hydroxyl groups excluding tert-OH is 1. The van der Waals surface area contributed by atoms with Gasteiger partial charge in [-0.2, -0.15) is 10.5 Å². The fraction of sp³-hybridized carbons (Fsp3) is 0.125. The molecule has 0 bridgehead atoms. The number of aliphatic hydroxyl groups is 1. The van der Waals surface area contributed by atoms with Gasteiger partial charge in [-0.15, -0.1) is 0 Å². The molecule has 0 spiro atoms. The Morgan fingerprint density at radius 2 is 1.81 bits per heavy atom. The molecular weight excluding hydrogens is 271 g/mol. The van der Waals surface area contributed by atoms with Gasteiger partial charge in [0.1, 0.15) is 30.3 Å². The van der Waals surface area contributed by atoms with E-state index in [0.29, 0.717) is 11.1 Å². The topological polar surface area (TPSA) is 77.0 Å². The first kappa shape index (κ1) is 14.5. The molecule has 0 fully saturated rings. The van der Waals surface area contributed by atoms with Crippen LogP contribution in [0.1, 0.15) is 22.8 Å². The molecule has 0 aromatic heterocycles. The molecule has 2 aromatic carbocycles. The van der Waals surface area contributed by atoms with Crippen molar-refractivity contribution in [2.45, 2.75) is 6.10 Å². The van der Waals surface area contributed by atoms with Gasteiger partial charge in [-0.3, -0.25) is 0 Å². The predicted molar refractivity (Wildman–Crippen MR) is 72.7 cm³/mol. The van der Waals surface area contributed by atoms with Gasteiger partial charge in [0.15, 0.2) is 0 Å². The van der Waals surface area contributed by atoms with Crippen molar-refractivity contribution in [3.8, 4) is 17.9 Å². The lowest BCUT2D eigenvalue weighted by molar-refractivity contribution is 0.108. The van der Waals surface area contributed by atoms with Crippen LogP contribution in [0.5, 0.6) is 5.75 Å². The minimum Gasteiger partial charge on any atom is -0.490 e. The van der Waals surface area contributed by atoms with Crippen molar-refractivity contribution in [2.24, 2.45) is 0 Å². The van der Waals surface area contributed by atoms with Gasteiger partial charge in [0.2, 0.25) is 0 Å². The Morgan fingerprint density at radius 1 is 1.10 bits per heavy atom. The average Bonchev–Trinajstić information content (AvgIpc) is 2.52. The fourth-order valence-corrected chi connectivity index (χ4v) is 1.73. The average molecular weight is 282 g/mol. The predicted octanol–water partition coefficient (Wildman–Crippen LogP) is 2.68.